The van der Waals surface area contributed by atoms with E-state index in [0.29, 0.717) is 12.3 Å². The van der Waals surface area contributed by atoms with Crippen LogP contribution in [0.15, 0.2) is 0 Å². The van der Waals surface area contributed by atoms with E-state index in [0.717, 1.165) is 19.4 Å². The first-order chi connectivity index (χ1) is 7.51. The van der Waals surface area contributed by atoms with Gasteiger partial charge in [-0.3, -0.25) is 4.79 Å². The van der Waals surface area contributed by atoms with Crippen molar-refractivity contribution in [3.8, 4) is 0 Å². The van der Waals surface area contributed by atoms with Crippen molar-refractivity contribution < 1.29 is 9.90 Å². The van der Waals surface area contributed by atoms with Gasteiger partial charge in [-0.2, -0.15) is 0 Å². The average Bonchev–Trinajstić information content (AvgIpc) is 2.23. The van der Waals surface area contributed by atoms with Crippen molar-refractivity contribution in [2.45, 2.75) is 39.2 Å². The second kappa shape index (κ2) is 8.53. The zero-order valence-electron chi connectivity index (χ0n) is 11.0. The van der Waals surface area contributed by atoms with Crippen molar-refractivity contribution >= 4 is 5.91 Å². The summed E-state index contributed by atoms with van der Waals surface area (Å²) in [4.78, 5) is 13.1. The van der Waals surface area contributed by atoms with E-state index in [1.165, 1.54) is 0 Å². The Labute approximate surface area is 99.0 Å². The summed E-state index contributed by atoms with van der Waals surface area (Å²) < 4.78 is 0. The minimum absolute atomic E-state index is 0.148. The second-order valence-corrected chi connectivity index (χ2v) is 4.59. The maximum absolute atomic E-state index is 11.4. The van der Waals surface area contributed by atoms with Gasteiger partial charge in [0.1, 0.15) is 0 Å². The summed E-state index contributed by atoms with van der Waals surface area (Å²) in [6.45, 7) is 5.26. The molecule has 0 spiro atoms. The summed E-state index contributed by atoms with van der Waals surface area (Å²) in [6, 6.07) is 0.197. The number of aliphatic hydroxyl groups excluding tert-OH is 1. The fourth-order valence-electron chi connectivity index (χ4n) is 1.52. The molecule has 1 amide bonds. The fourth-order valence-corrected chi connectivity index (χ4v) is 1.52. The predicted molar refractivity (Wildman–Crippen MR) is 66.3 cm³/mol. The Kier molecular flexibility index (Phi) is 8.21. The molecule has 0 bridgehead atoms. The Hall–Kier alpha value is -0.610. The van der Waals surface area contributed by atoms with Crippen LogP contribution in [0.25, 0.3) is 0 Å². The van der Waals surface area contributed by atoms with E-state index >= 15 is 0 Å². The van der Waals surface area contributed by atoms with Crippen LogP contribution >= 0.6 is 0 Å². The zero-order chi connectivity index (χ0) is 12.6. The number of hydrogen-bond acceptors (Lipinski definition) is 3. The van der Waals surface area contributed by atoms with Crippen LogP contribution in [-0.4, -0.2) is 49.2 Å². The molecule has 0 rings (SSSR count). The Bertz CT molecular complexity index is 195. The van der Waals surface area contributed by atoms with Crippen LogP contribution in [0.3, 0.4) is 0 Å². The Morgan fingerprint density at radius 2 is 2.06 bits per heavy atom. The normalized spacial score (nSPS) is 14.6. The Morgan fingerprint density at radius 1 is 1.44 bits per heavy atom. The molecular formula is C12H26N2O2. The van der Waals surface area contributed by atoms with Crippen LogP contribution in [0.4, 0.5) is 0 Å². The van der Waals surface area contributed by atoms with Crippen LogP contribution in [0.2, 0.25) is 0 Å². The summed E-state index contributed by atoms with van der Waals surface area (Å²) >= 11 is 0. The second-order valence-electron chi connectivity index (χ2n) is 4.59. The molecule has 96 valence electrons. The van der Waals surface area contributed by atoms with Crippen molar-refractivity contribution in [1.82, 2.24) is 10.2 Å². The third-order valence-corrected chi connectivity index (χ3v) is 2.85. The molecular weight excluding hydrogens is 204 g/mol. The number of carbonyl (C=O) groups excluding carboxylic acids is 1. The number of aliphatic hydroxyl groups is 1. The van der Waals surface area contributed by atoms with E-state index in [9.17, 15) is 4.79 Å². The molecule has 0 fully saturated rings. The molecule has 0 aromatic carbocycles. The van der Waals surface area contributed by atoms with Gasteiger partial charge in [0.05, 0.1) is 0 Å². The SMILES string of the molecule is CCC(CCO)CNC(C)CC(=O)N(C)C. The third-order valence-electron chi connectivity index (χ3n) is 2.85. The van der Waals surface area contributed by atoms with Gasteiger partial charge >= 0.3 is 0 Å². The van der Waals surface area contributed by atoms with Gasteiger partial charge in [-0.25, -0.2) is 0 Å². The smallest absolute Gasteiger partial charge is 0.223 e. The van der Waals surface area contributed by atoms with Gasteiger partial charge in [0.2, 0.25) is 5.91 Å². The minimum Gasteiger partial charge on any atom is -0.396 e. The topological polar surface area (TPSA) is 52.6 Å². The summed E-state index contributed by atoms with van der Waals surface area (Å²) in [5.74, 6) is 0.650. The van der Waals surface area contributed by atoms with Crippen molar-refractivity contribution in [1.29, 1.82) is 0 Å². The van der Waals surface area contributed by atoms with Gasteiger partial charge in [0.15, 0.2) is 0 Å². The summed E-state index contributed by atoms with van der Waals surface area (Å²) in [5, 5.41) is 12.2. The molecule has 4 heteroatoms. The number of rotatable bonds is 8. The van der Waals surface area contributed by atoms with Crippen molar-refractivity contribution in [2.75, 3.05) is 27.2 Å². The van der Waals surface area contributed by atoms with Crippen LogP contribution in [0, 0.1) is 5.92 Å². The molecule has 4 nitrogen and oxygen atoms in total. The standard InChI is InChI=1S/C12H26N2O2/c1-5-11(6-7-15)9-13-10(2)8-12(16)14(3)4/h10-11,13,15H,5-9H2,1-4H3. The monoisotopic (exact) mass is 230 g/mol. The Morgan fingerprint density at radius 3 is 2.50 bits per heavy atom. The average molecular weight is 230 g/mol. The molecule has 2 N–H and O–H groups in total. The third kappa shape index (κ3) is 6.80. The number of nitrogens with one attached hydrogen (secondary N) is 1. The molecule has 0 radical (unpaired) electrons. The maximum atomic E-state index is 11.4. The number of hydrogen-bond donors (Lipinski definition) is 2. The minimum atomic E-state index is 0.148. The highest BCUT2D eigenvalue weighted by Gasteiger charge is 2.12. The summed E-state index contributed by atoms with van der Waals surface area (Å²) in [5.41, 5.74) is 0. The lowest BCUT2D eigenvalue weighted by molar-refractivity contribution is -0.129. The number of nitrogens with zero attached hydrogens (tertiary/aromatic N) is 1. The molecule has 0 aliphatic heterocycles. The lowest BCUT2D eigenvalue weighted by Gasteiger charge is -2.20. The van der Waals surface area contributed by atoms with E-state index in [2.05, 4.69) is 12.2 Å². The number of carbonyl (C=O) groups is 1. The van der Waals surface area contributed by atoms with E-state index in [-0.39, 0.29) is 18.6 Å². The van der Waals surface area contributed by atoms with E-state index in [4.69, 9.17) is 5.11 Å². The van der Waals surface area contributed by atoms with Gasteiger partial charge < -0.3 is 15.3 Å². The molecule has 16 heavy (non-hydrogen) atoms. The zero-order valence-corrected chi connectivity index (χ0v) is 11.0. The lowest BCUT2D eigenvalue weighted by atomic mass is 10.0. The first kappa shape index (κ1) is 15.4. The molecule has 0 aromatic heterocycles. The van der Waals surface area contributed by atoms with E-state index in [1.807, 2.05) is 6.92 Å². The molecule has 0 aliphatic rings. The quantitative estimate of drug-likeness (QED) is 0.650. The van der Waals surface area contributed by atoms with Gasteiger partial charge in [-0.1, -0.05) is 13.3 Å². The van der Waals surface area contributed by atoms with Crippen molar-refractivity contribution in [2.24, 2.45) is 5.92 Å². The highest BCUT2D eigenvalue weighted by Crippen LogP contribution is 2.06. The molecule has 2 atom stereocenters. The Balaban J connectivity index is 3.78. The molecule has 0 saturated heterocycles. The highest BCUT2D eigenvalue weighted by molar-refractivity contribution is 5.76. The van der Waals surface area contributed by atoms with Crippen LogP contribution in [0.1, 0.15) is 33.1 Å². The molecule has 0 aliphatic carbocycles. The van der Waals surface area contributed by atoms with Crippen molar-refractivity contribution in [3.63, 3.8) is 0 Å². The van der Waals surface area contributed by atoms with Gasteiger partial charge in [0.25, 0.3) is 0 Å². The van der Waals surface area contributed by atoms with Crippen LogP contribution in [0.5, 0.6) is 0 Å². The van der Waals surface area contributed by atoms with E-state index < -0.39 is 0 Å². The largest absolute Gasteiger partial charge is 0.396 e. The molecule has 2 unspecified atom stereocenters. The van der Waals surface area contributed by atoms with Crippen molar-refractivity contribution in [3.05, 3.63) is 0 Å². The van der Waals surface area contributed by atoms with Gasteiger partial charge in [-0.05, 0) is 25.8 Å². The molecule has 0 saturated carbocycles. The van der Waals surface area contributed by atoms with Gasteiger partial charge in [0, 0.05) is 33.2 Å². The number of amides is 1. The molecule has 0 heterocycles. The predicted octanol–water partition coefficient (Wildman–Crippen LogP) is 0.851. The summed E-state index contributed by atoms with van der Waals surface area (Å²) in [7, 11) is 3.55. The summed E-state index contributed by atoms with van der Waals surface area (Å²) in [6.07, 6.45) is 2.42. The van der Waals surface area contributed by atoms with Crippen LogP contribution < -0.4 is 5.32 Å². The first-order valence-electron chi connectivity index (χ1n) is 6.05. The lowest BCUT2D eigenvalue weighted by Crippen LogP contribution is -2.36. The maximum Gasteiger partial charge on any atom is 0.223 e. The highest BCUT2D eigenvalue weighted by atomic mass is 16.3. The fraction of sp³-hybridized carbons (Fsp3) is 0.917. The first-order valence-corrected chi connectivity index (χ1v) is 6.05. The molecule has 0 aromatic rings. The van der Waals surface area contributed by atoms with Crippen LogP contribution in [-0.2, 0) is 4.79 Å². The van der Waals surface area contributed by atoms with Gasteiger partial charge in [-0.15, -0.1) is 0 Å². The van der Waals surface area contributed by atoms with E-state index in [1.54, 1.807) is 19.0 Å².